The van der Waals surface area contributed by atoms with E-state index in [0.29, 0.717) is 5.92 Å². The Hall–Kier alpha value is -0.980. The van der Waals surface area contributed by atoms with Crippen molar-refractivity contribution in [1.82, 2.24) is 5.32 Å². The van der Waals surface area contributed by atoms with Crippen molar-refractivity contribution < 1.29 is 0 Å². The van der Waals surface area contributed by atoms with E-state index in [0.717, 1.165) is 6.54 Å². The van der Waals surface area contributed by atoms with E-state index in [9.17, 15) is 0 Å². The fourth-order valence-electron chi connectivity index (χ4n) is 1.50. The summed E-state index contributed by atoms with van der Waals surface area (Å²) in [5.74, 6) is 0.646. The molecule has 1 N–H and O–H groups in total. The Bertz CT molecular complexity index is 234. The predicted molar refractivity (Wildman–Crippen MR) is 65.2 cm³/mol. The van der Waals surface area contributed by atoms with Gasteiger partial charge in [0.25, 0.3) is 0 Å². The monoisotopic (exact) mass is 193 g/mol. The van der Waals surface area contributed by atoms with Gasteiger partial charge in [-0.25, -0.2) is 0 Å². The van der Waals surface area contributed by atoms with Crippen LogP contribution in [0, 0.1) is 5.92 Å². The van der Waals surface area contributed by atoms with E-state index in [2.05, 4.69) is 43.5 Å². The highest BCUT2D eigenvalue weighted by atomic mass is 14.9. The number of allylic oxidation sites excluding steroid dienone is 4. The van der Waals surface area contributed by atoms with Crippen LogP contribution in [0.15, 0.2) is 35.6 Å². The molecule has 0 aromatic rings. The average molecular weight is 193 g/mol. The van der Waals surface area contributed by atoms with Gasteiger partial charge < -0.3 is 5.32 Å². The molecule has 80 valence electrons. The molecule has 1 aliphatic heterocycles. The summed E-state index contributed by atoms with van der Waals surface area (Å²) in [5.41, 5.74) is 2.71. The average Bonchev–Trinajstić information content (AvgIpc) is 2.54. The molecule has 1 atom stereocenters. The van der Waals surface area contributed by atoms with Crippen molar-refractivity contribution in [2.45, 2.75) is 34.6 Å². The van der Waals surface area contributed by atoms with Crippen LogP contribution in [-0.4, -0.2) is 6.54 Å². The van der Waals surface area contributed by atoms with Crippen molar-refractivity contribution in [3.8, 4) is 0 Å². The molecule has 0 aliphatic carbocycles. The summed E-state index contributed by atoms with van der Waals surface area (Å²) in [6.07, 6.45) is 8.50. The van der Waals surface area contributed by atoms with Gasteiger partial charge in [0.2, 0.25) is 0 Å². The van der Waals surface area contributed by atoms with Crippen LogP contribution in [0.5, 0.6) is 0 Å². The summed E-state index contributed by atoms with van der Waals surface area (Å²) in [6, 6.07) is 0. The number of hydrogen-bond donors (Lipinski definition) is 1. The van der Waals surface area contributed by atoms with Gasteiger partial charge >= 0.3 is 0 Å². The highest BCUT2D eigenvalue weighted by Crippen LogP contribution is 2.21. The lowest BCUT2D eigenvalue weighted by molar-refractivity contribution is 0.703. The Balaban J connectivity index is 0.000000791. The summed E-state index contributed by atoms with van der Waals surface area (Å²) in [6.45, 7) is 11.4. The van der Waals surface area contributed by atoms with Crippen molar-refractivity contribution in [3.63, 3.8) is 0 Å². The van der Waals surface area contributed by atoms with Crippen LogP contribution in [0.1, 0.15) is 34.6 Å². The molecule has 14 heavy (non-hydrogen) atoms. The first kappa shape index (κ1) is 13.0. The molecule has 0 fully saturated rings. The molecule has 0 saturated heterocycles. The van der Waals surface area contributed by atoms with Crippen LogP contribution >= 0.6 is 0 Å². The Kier molecular flexibility index (Phi) is 6.91. The minimum absolute atomic E-state index is 0.646. The Labute approximate surface area is 88.6 Å². The highest BCUT2D eigenvalue weighted by Gasteiger charge is 2.16. The topological polar surface area (TPSA) is 12.0 Å². The molecule has 1 unspecified atom stereocenters. The van der Waals surface area contributed by atoms with Crippen LogP contribution in [0.3, 0.4) is 0 Å². The Morgan fingerprint density at radius 1 is 1.14 bits per heavy atom. The zero-order valence-electron chi connectivity index (χ0n) is 10.1. The van der Waals surface area contributed by atoms with Crippen molar-refractivity contribution in [2.75, 3.05) is 6.54 Å². The molecular formula is C13H23N. The maximum atomic E-state index is 3.38. The van der Waals surface area contributed by atoms with Crippen LogP contribution in [0.25, 0.3) is 0 Å². The van der Waals surface area contributed by atoms with E-state index in [1.54, 1.807) is 0 Å². The second-order valence-electron chi connectivity index (χ2n) is 3.15. The van der Waals surface area contributed by atoms with Gasteiger partial charge in [0, 0.05) is 18.2 Å². The first-order chi connectivity index (χ1) is 6.79. The number of hydrogen-bond acceptors (Lipinski definition) is 1. The minimum Gasteiger partial charge on any atom is -0.384 e. The van der Waals surface area contributed by atoms with Gasteiger partial charge in [0.05, 0.1) is 0 Å². The van der Waals surface area contributed by atoms with Gasteiger partial charge in [-0.2, -0.15) is 0 Å². The van der Waals surface area contributed by atoms with Gasteiger partial charge in [-0.15, -0.1) is 0 Å². The molecule has 0 aromatic heterocycles. The summed E-state index contributed by atoms with van der Waals surface area (Å²) >= 11 is 0. The second-order valence-corrected chi connectivity index (χ2v) is 3.15. The van der Waals surface area contributed by atoms with Crippen molar-refractivity contribution in [2.24, 2.45) is 5.92 Å². The van der Waals surface area contributed by atoms with Crippen molar-refractivity contribution in [3.05, 3.63) is 35.6 Å². The molecule has 0 radical (unpaired) electrons. The minimum atomic E-state index is 0.646. The van der Waals surface area contributed by atoms with Gasteiger partial charge in [-0.1, -0.05) is 39.0 Å². The third kappa shape index (κ3) is 3.41. The molecule has 1 nitrogen and oxygen atoms in total. The van der Waals surface area contributed by atoms with E-state index >= 15 is 0 Å². The smallest absolute Gasteiger partial charge is 0.0372 e. The lowest BCUT2D eigenvalue weighted by atomic mass is 10.0. The molecule has 0 bridgehead atoms. The lowest BCUT2D eigenvalue weighted by Crippen LogP contribution is -2.08. The quantitative estimate of drug-likeness (QED) is 0.705. The Morgan fingerprint density at radius 2 is 1.71 bits per heavy atom. The van der Waals surface area contributed by atoms with Crippen LogP contribution in [0.4, 0.5) is 0 Å². The van der Waals surface area contributed by atoms with Gasteiger partial charge in [-0.3, -0.25) is 0 Å². The van der Waals surface area contributed by atoms with E-state index < -0.39 is 0 Å². The summed E-state index contributed by atoms with van der Waals surface area (Å²) in [7, 11) is 0. The van der Waals surface area contributed by atoms with Crippen molar-refractivity contribution >= 4 is 0 Å². The highest BCUT2D eigenvalue weighted by molar-refractivity contribution is 5.37. The maximum absolute atomic E-state index is 3.38. The van der Waals surface area contributed by atoms with Gasteiger partial charge in [-0.05, 0) is 25.5 Å². The zero-order chi connectivity index (χ0) is 11.0. The maximum Gasteiger partial charge on any atom is 0.0372 e. The Morgan fingerprint density at radius 3 is 2.21 bits per heavy atom. The molecule has 1 heteroatoms. The largest absolute Gasteiger partial charge is 0.384 e. The first-order valence-corrected chi connectivity index (χ1v) is 5.53. The van der Waals surface area contributed by atoms with E-state index in [1.165, 1.54) is 11.3 Å². The molecule has 1 heterocycles. The molecule has 0 amide bonds. The molecule has 0 aromatic carbocycles. The van der Waals surface area contributed by atoms with E-state index in [4.69, 9.17) is 0 Å². The van der Waals surface area contributed by atoms with Crippen molar-refractivity contribution in [1.29, 1.82) is 0 Å². The van der Waals surface area contributed by atoms with Gasteiger partial charge in [0.15, 0.2) is 0 Å². The third-order valence-electron chi connectivity index (χ3n) is 2.12. The SMILES string of the molecule is C/C=C\C1=C(/C=C\C)C(C)CN1.CC. The zero-order valence-corrected chi connectivity index (χ0v) is 10.1. The second kappa shape index (κ2) is 7.43. The summed E-state index contributed by atoms with van der Waals surface area (Å²) in [5, 5.41) is 3.38. The molecular weight excluding hydrogens is 170 g/mol. The van der Waals surface area contributed by atoms with Crippen LogP contribution in [-0.2, 0) is 0 Å². The summed E-state index contributed by atoms with van der Waals surface area (Å²) in [4.78, 5) is 0. The summed E-state index contributed by atoms with van der Waals surface area (Å²) < 4.78 is 0. The molecule has 0 saturated carbocycles. The third-order valence-corrected chi connectivity index (χ3v) is 2.12. The predicted octanol–water partition coefficient (Wildman–Crippen LogP) is 3.66. The normalized spacial score (nSPS) is 21.4. The molecule has 1 aliphatic rings. The van der Waals surface area contributed by atoms with Crippen LogP contribution in [0.2, 0.25) is 0 Å². The molecule has 1 rings (SSSR count). The van der Waals surface area contributed by atoms with Crippen LogP contribution < -0.4 is 5.32 Å². The van der Waals surface area contributed by atoms with Gasteiger partial charge in [0.1, 0.15) is 0 Å². The molecule has 0 spiro atoms. The first-order valence-electron chi connectivity index (χ1n) is 5.53. The fraction of sp³-hybridized carbons (Fsp3) is 0.538. The van der Waals surface area contributed by atoms with E-state index in [-0.39, 0.29) is 0 Å². The lowest BCUT2D eigenvalue weighted by Gasteiger charge is -2.00. The van der Waals surface area contributed by atoms with E-state index in [1.807, 2.05) is 20.8 Å². The fourth-order valence-corrected chi connectivity index (χ4v) is 1.50. The number of nitrogens with one attached hydrogen (secondary N) is 1. The number of rotatable bonds is 2. The standard InChI is InChI=1S/C11H17N.C2H6/c1-4-6-10-9(3)8-12-11(10)7-5-2;1-2/h4-7,9,12H,8H2,1-3H3;1-2H3/b6-4-,7-5-;.